The Labute approximate surface area is 197 Å². The molecule has 10 heteroatoms. The van der Waals surface area contributed by atoms with E-state index in [1.165, 1.54) is 17.8 Å². The maximum Gasteiger partial charge on any atom is 0.230 e. The van der Waals surface area contributed by atoms with Gasteiger partial charge in [0.05, 0.1) is 11.4 Å². The number of unbranched alkanes of at least 4 members (excludes halogenated alkanes) is 3. The molecule has 2 heterocycles. The summed E-state index contributed by atoms with van der Waals surface area (Å²) in [4.78, 5) is 25.1. The smallest absolute Gasteiger partial charge is 0.230 e. The lowest BCUT2D eigenvalue weighted by molar-refractivity contribution is -0.118. The number of nitrogens with zero attached hydrogens (tertiary/aromatic N) is 4. The molecule has 0 saturated carbocycles. The second-order valence-electron chi connectivity index (χ2n) is 7.60. The monoisotopic (exact) mass is 480 g/mol. The van der Waals surface area contributed by atoms with E-state index in [0.717, 1.165) is 31.5 Å². The fourth-order valence-corrected chi connectivity index (χ4v) is 4.44. The van der Waals surface area contributed by atoms with E-state index in [-0.39, 0.29) is 17.5 Å². The van der Waals surface area contributed by atoms with E-state index in [9.17, 15) is 9.18 Å². The molecule has 0 atom stereocenters. The topological polar surface area (TPSA) is 87.4 Å². The Morgan fingerprint density at radius 1 is 1.09 bits per heavy atom. The first-order valence-electron chi connectivity index (χ1n) is 11.0. The molecule has 3 rings (SSSR count). The molecule has 1 aliphatic rings. The highest BCUT2D eigenvalue weighted by Gasteiger charge is 2.21. The first-order chi connectivity index (χ1) is 15.6. The Bertz CT molecular complexity index is 881. The summed E-state index contributed by atoms with van der Waals surface area (Å²) in [6, 6.07) is 8.54. The number of anilines is 2. The number of rotatable bonds is 11. The third-order valence-corrected chi connectivity index (χ3v) is 6.28. The van der Waals surface area contributed by atoms with Crippen LogP contribution in [0.2, 0.25) is 5.15 Å². The number of aromatic nitrogens is 2. The molecule has 1 amide bonds. The van der Waals surface area contributed by atoms with Gasteiger partial charge in [-0.25, -0.2) is 14.4 Å². The molecule has 0 aliphatic carbocycles. The summed E-state index contributed by atoms with van der Waals surface area (Å²) in [5.74, 6) is 0.709. The van der Waals surface area contributed by atoms with Gasteiger partial charge in [-0.15, -0.1) is 0 Å². The molecular weight excluding hydrogens is 451 g/mol. The van der Waals surface area contributed by atoms with Crippen LogP contribution in [0.5, 0.6) is 0 Å². The van der Waals surface area contributed by atoms with Crippen LogP contribution < -0.4 is 20.9 Å². The van der Waals surface area contributed by atoms with Gasteiger partial charge in [0.25, 0.3) is 0 Å². The average Bonchev–Trinajstić information content (AvgIpc) is 2.80. The van der Waals surface area contributed by atoms with Crippen LogP contribution in [-0.4, -0.2) is 60.9 Å². The molecule has 3 N–H and O–H groups in total. The molecule has 2 aromatic rings. The van der Waals surface area contributed by atoms with Crippen molar-refractivity contribution in [1.29, 1.82) is 0 Å². The van der Waals surface area contributed by atoms with Gasteiger partial charge in [0.15, 0.2) is 5.16 Å². The highest BCUT2D eigenvalue weighted by Crippen LogP contribution is 2.25. The fourth-order valence-electron chi connectivity index (χ4n) is 3.53. The molecule has 0 radical (unpaired) electrons. The second kappa shape index (κ2) is 12.8. The third kappa shape index (κ3) is 7.50. The van der Waals surface area contributed by atoms with E-state index in [1.54, 1.807) is 18.2 Å². The van der Waals surface area contributed by atoms with Gasteiger partial charge >= 0.3 is 0 Å². The first kappa shape index (κ1) is 24.5. The zero-order valence-corrected chi connectivity index (χ0v) is 19.7. The summed E-state index contributed by atoms with van der Waals surface area (Å²) in [7, 11) is 0. The van der Waals surface area contributed by atoms with Crippen molar-refractivity contribution in [2.45, 2.75) is 30.8 Å². The molecular formula is C22H30ClFN6OS. The van der Waals surface area contributed by atoms with Gasteiger partial charge in [-0.2, -0.15) is 0 Å². The summed E-state index contributed by atoms with van der Waals surface area (Å²) in [5.41, 5.74) is 6.10. The van der Waals surface area contributed by atoms with Crippen LogP contribution in [0.3, 0.4) is 0 Å². The van der Waals surface area contributed by atoms with Crippen LogP contribution in [0.25, 0.3) is 0 Å². The van der Waals surface area contributed by atoms with Crippen molar-refractivity contribution < 1.29 is 9.18 Å². The van der Waals surface area contributed by atoms with E-state index < -0.39 is 0 Å². The predicted molar refractivity (Wildman–Crippen MR) is 129 cm³/mol. The number of nitrogens with one attached hydrogen (secondary N) is 1. The number of halogens is 2. The zero-order valence-electron chi connectivity index (χ0n) is 18.1. The molecule has 7 nitrogen and oxygen atoms in total. The van der Waals surface area contributed by atoms with E-state index in [4.69, 9.17) is 17.3 Å². The SMILES string of the molecule is NCCCCCCNC(=O)CSc1nc(Cl)cc(N2CCN(c3ccccc3F)CC2)n1. The molecule has 1 aromatic carbocycles. The Morgan fingerprint density at radius 3 is 2.56 bits per heavy atom. The summed E-state index contributed by atoms with van der Waals surface area (Å²) in [5, 5.41) is 3.74. The first-order valence-corrected chi connectivity index (χ1v) is 12.3. The second-order valence-corrected chi connectivity index (χ2v) is 8.93. The average molecular weight is 481 g/mol. The predicted octanol–water partition coefficient (Wildman–Crippen LogP) is 3.32. The summed E-state index contributed by atoms with van der Waals surface area (Å²) >= 11 is 7.48. The number of carbonyl (C=O) groups excluding carboxylic acids is 1. The van der Waals surface area contributed by atoms with Crippen molar-refractivity contribution in [3.8, 4) is 0 Å². The standard InChI is InChI=1S/C22H30ClFN6OS/c23-19-15-20(30-13-11-29(12-14-30)18-8-4-3-7-17(18)24)28-22(27-19)32-16-21(31)26-10-6-2-1-5-9-25/h3-4,7-8,15H,1-2,5-6,9-14,16,25H2,(H,26,31). The number of nitrogens with two attached hydrogens (primary N) is 1. The van der Waals surface area contributed by atoms with Gasteiger partial charge < -0.3 is 20.9 Å². The molecule has 0 spiro atoms. The molecule has 0 unspecified atom stereocenters. The molecule has 32 heavy (non-hydrogen) atoms. The van der Waals surface area contributed by atoms with Crippen LogP contribution in [0.1, 0.15) is 25.7 Å². The van der Waals surface area contributed by atoms with Crippen molar-refractivity contribution in [1.82, 2.24) is 15.3 Å². The van der Waals surface area contributed by atoms with Crippen molar-refractivity contribution in [3.05, 3.63) is 41.3 Å². The summed E-state index contributed by atoms with van der Waals surface area (Å²) in [6.07, 6.45) is 4.13. The Morgan fingerprint density at radius 2 is 1.81 bits per heavy atom. The summed E-state index contributed by atoms with van der Waals surface area (Å²) in [6.45, 7) is 4.12. The molecule has 0 bridgehead atoms. The fraction of sp³-hybridized carbons (Fsp3) is 0.500. The Kier molecular flexibility index (Phi) is 9.83. The van der Waals surface area contributed by atoms with Crippen LogP contribution in [-0.2, 0) is 4.79 Å². The van der Waals surface area contributed by atoms with Crippen LogP contribution in [0.15, 0.2) is 35.5 Å². The van der Waals surface area contributed by atoms with E-state index in [0.29, 0.717) is 55.3 Å². The number of amides is 1. The molecule has 1 aromatic heterocycles. The van der Waals surface area contributed by atoms with Gasteiger partial charge in [0.2, 0.25) is 5.91 Å². The Balaban J connectivity index is 1.47. The van der Waals surface area contributed by atoms with Gasteiger partial charge in [-0.05, 0) is 31.5 Å². The zero-order chi connectivity index (χ0) is 22.8. The number of hydrogen-bond acceptors (Lipinski definition) is 7. The molecule has 1 fully saturated rings. The number of carbonyl (C=O) groups is 1. The van der Waals surface area contributed by atoms with Crippen LogP contribution in [0, 0.1) is 5.82 Å². The number of piperazine rings is 1. The number of benzene rings is 1. The minimum absolute atomic E-state index is 0.0440. The third-order valence-electron chi connectivity index (χ3n) is 5.24. The maximum absolute atomic E-state index is 14.1. The van der Waals surface area contributed by atoms with Gasteiger partial charge in [0, 0.05) is 38.8 Å². The maximum atomic E-state index is 14.1. The quantitative estimate of drug-likeness (QED) is 0.221. The lowest BCUT2D eigenvalue weighted by Crippen LogP contribution is -2.47. The van der Waals surface area contributed by atoms with Gasteiger partial charge in [-0.3, -0.25) is 4.79 Å². The lowest BCUT2D eigenvalue weighted by Gasteiger charge is -2.36. The summed E-state index contributed by atoms with van der Waals surface area (Å²) < 4.78 is 14.1. The van der Waals surface area contributed by atoms with Crippen molar-refractivity contribution in [2.75, 3.05) is 54.8 Å². The molecule has 1 saturated heterocycles. The van der Waals surface area contributed by atoms with Crippen LogP contribution >= 0.6 is 23.4 Å². The largest absolute Gasteiger partial charge is 0.366 e. The minimum atomic E-state index is -0.210. The van der Waals surface area contributed by atoms with E-state index >= 15 is 0 Å². The van der Waals surface area contributed by atoms with Gasteiger partial charge in [-0.1, -0.05) is 48.3 Å². The Hall–Kier alpha value is -2.10. The number of para-hydroxylation sites is 1. The number of thioether (sulfide) groups is 1. The highest BCUT2D eigenvalue weighted by atomic mass is 35.5. The number of hydrogen-bond donors (Lipinski definition) is 2. The lowest BCUT2D eigenvalue weighted by atomic mass is 10.2. The molecule has 174 valence electrons. The van der Waals surface area contributed by atoms with Crippen molar-refractivity contribution >= 4 is 40.8 Å². The van der Waals surface area contributed by atoms with Crippen molar-refractivity contribution in [3.63, 3.8) is 0 Å². The normalized spacial score (nSPS) is 14.0. The highest BCUT2D eigenvalue weighted by molar-refractivity contribution is 7.99. The van der Waals surface area contributed by atoms with E-state index in [1.807, 2.05) is 11.0 Å². The minimum Gasteiger partial charge on any atom is -0.366 e. The van der Waals surface area contributed by atoms with Gasteiger partial charge in [0.1, 0.15) is 16.8 Å². The van der Waals surface area contributed by atoms with E-state index in [2.05, 4.69) is 20.2 Å². The molecule has 1 aliphatic heterocycles. The van der Waals surface area contributed by atoms with Crippen molar-refractivity contribution in [2.24, 2.45) is 5.73 Å². The van der Waals surface area contributed by atoms with Crippen LogP contribution in [0.4, 0.5) is 15.9 Å².